The Morgan fingerprint density at radius 2 is 2.17 bits per heavy atom. The molecule has 0 fully saturated rings. The van der Waals surface area contributed by atoms with Crippen LogP contribution in [-0.2, 0) is 11.2 Å². The van der Waals surface area contributed by atoms with Gasteiger partial charge in [0.1, 0.15) is 5.75 Å². The lowest BCUT2D eigenvalue weighted by molar-refractivity contribution is 0.0795. The van der Waals surface area contributed by atoms with Crippen LogP contribution < -0.4 is 4.74 Å². The van der Waals surface area contributed by atoms with Crippen molar-refractivity contribution < 1.29 is 19.4 Å². The number of ether oxygens (including phenoxy) is 2. The lowest BCUT2D eigenvalue weighted by atomic mass is 9.87. The van der Waals surface area contributed by atoms with Crippen molar-refractivity contribution in [3.05, 3.63) is 41.5 Å². The zero-order valence-corrected chi connectivity index (χ0v) is 14.1. The van der Waals surface area contributed by atoms with Crippen LogP contribution in [0.5, 0.6) is 5.75 Å². The summed E-state index contributed by atoms with van der Waals surface area (Å²) >= 11 is 0. The van der Waals surface area contributed by atoms with Crippen LogP contribution in [0.3, 0.4) is 0 Å². The summed E-state index contributed by atoms with van der Waals surface area (Å²) in [6.45, 7) is 2.78. The minimum absolute atomic E-state index is 0.0284. The van der Waals surface area contributed by atoms with Crippen LogP contribution in [-0.4, -0.2) is 43.0 Å². The number of rotatable bonds is 4. The first-order chi connectivity index (χ1) is 11.7. The molecule has 1 N–H and O–H groups in total. The number of amides is 1. The van der Waals surface area contributed by atoms with Gasteiger partial charge in [0.2, 0.25) is 0 Å². The summed E-state index contributed by atoms with van der Waals surface area (Å²) in [7, 11) is 1.66. The second kappa shape index (κ2) is 7.09. The SMILES string of the molecule is CCOC(=O)N1CCc2c(ccc3cc(OC)ccc23)C1CCO. The van der Waals surface area contributed by atoms with Crippen LogP contribution in [0.25, 0.3) is 10.8 Å². The first kappa shape index (κ1) is 16.6. The third-order valence-corrected chi connectivity index (χ3v) is 4.62. The van der Waals surface area contributed by atoms with Gasteiger partial charge in [0.05, 0.1) is 19.8 Å². The molecule has 3 rings (SSSR count). The van der Waals surface area contributed by atoms with Gasteiger partial charge in [-0.2, -0.15) is 0 Å². The van der Waals surface area contributed by atoms with E-state index in [1.165, 1.54) is 10.9 Å². The highest BCUT2D eigenvalue weighted by molar-refractivity contribution is 5.88. The third-order valence-electron chi connectivity index (χ3n) is 4.62. The summed E-state index contributed by atoms with van der Waals surface area (Å²) in [6.07, 6.45) is 0.976. The summed E-state index contributed by atoms with van der Waals surface area (Å²) in [5, 5.41) is 11.8. The van der Waals surface area contributed by atoms with E-state index in [0.717, 1.165) is 23.1 Å². The molecule has 1 aliphatic rings. The number of methoxy groups -OCH3 is 1. The molecule has 5 heteroatoms. The van der Waals surface area contributed by atoms with Crippen LogP contribution in [0.2, 0.25) is 0 Å². The van der Waals surface area contributed by atoms with Crippen molar-refractivity contribution >= 4 is 16.9 Å². The maximum atomic E-state index is 12.2. The lowest BCUT2D eigenvalue weighted by Crippen LogP contribution is -2.40. The van der Waals surface area contributed by atoms with Crippen molar-refractivity contribution in [1.82, 2.24) is 4.90 Å². The monoisotopic (exact) mass is 329 g/mol. The molecule has 0 radical (unpaired) electrons. The molecule has 24 heavy (non-hydrogen) atoms. The molecule has 128 valence electrons. The van der Waals surface area contributed by atoms with Gasteiger partial charge in [0.15, 0.2) is 0 Å². The standard InChI is InChI=1S/C19H23NO4/c1-3-24-19(22)20-10-8-16-15-7-5-14(23-2)12-13(15)4-6-17(16)18(20)9-11-21/h4-7,12,18,21H,3,8-11H2,1-2H3. The van der Waals surface area contributed by atoms with E-state index in [4.69, 9.17) is 9.47 Å². The average molecular weight is 329 g/mol. The van der Waals surface area contributed by atoms with Crippen LogP contribution >= 0.6 is 0 Å². The topological polar surface area (TPSA) is 59.0 Å². The van der Waals surface area contributed by atoms with E-state index in [9.17, 15) is 9.90 Å². The van der Waals surface area contributed by atoms with E-state index in [2.05, 4.69) is 18.2 Å². The predicted octanol–water partition coefficient (Wildman–Crippen LogP) is 3.29. The van der Waals surface area contributed by atoms with Gasteiger partial charge in [-0.1, -0.05) is 18.2 Å². The van der Waals surface area contributed by atoms with E-state index >= 15 is 0 Å². The van der Waals surface area contributed by atoms with E-state index < -0.39 is 0 Å². The Labute approximate surface area is 141 Å². The number of carbonyl (C=O) groups is 1. The fourth-order valence-electron chi connectivity index (χ4n) is 3.52. The summed E-state index contributed by atoms with van der Waals surface area (Å²) in [5.74, 6) is 0.832. The largest absolute Gasteiger partial charge is 0.497 e. The van der Waals surface area contributed by atoms with Gasteiger partial charge in [-0.3, -0.25) is 0 Å². The molecule has 2 aromatic carbocycles. The fraction of sp³-hybridized carbons (Fsp3) is 0.421. The molecule has 0 saturated carbocycles. The molecule has 0 spiro atoms. The molecule has 1 amide bonds. The summed E-state index contributed by atoms with van der Waals surface area (Å²) < 4.78 is 10.5. The molecule has 0 aromatic heterocycles. The second-order valence-electron chi connectivity index (χ2n) is 5.89. The number of aliphatic hydroxyl groups is 1. The Morgan fingerprint density at radius 1 is 1.33 bits per heavy atom. The highest BCUT2D eigenvalue weighted by Gasteiger charge is 2.32. The van der Waals surface area contributed by atoms with E-state index in [1.807, 2.05) is 12.1 Å². The number of aliphatic hydroxyl groups excluding tert-OH is 1. The molecule has 0 saturated heterocycles. The third kappa shape index (κ3) is 2.91. The fourth-order valence-corrected chi connectivity index (χ4v) is 3.52. The molecular weight excluding hydrogens is 306 g/mol. The van der Waals surface area contributed by atoms with E-state index in [1.54, 1.807) is 18.9 Å². The average Bonchev–Trinajstić information content (AvgIpc) is 2.61. The van der Waals surface area contributed by atoms with Gasteiger partial charge < -0.3 is 19.5 Å². The number of nitrogens with zero attached hydrogens (tertiary/aromatic N) is 1. The first-order valence-electron chi connectivity index (χ1n) is 8.33. The molecule has 0 bridgehead atoms. The summed E-state index contributed by atoms with van der Waals surface area (Å²) in [5.41, 5.74) is 2.34. The maximum absolute atomic E-state index is 12.2. The van der Waals surface area contributed by atoms with E-state index in [-0.39, 0.29) is 18.7 Å². The van der Waals surface area contributed by atoms with Gasteiger partial charge in [0.25, 0.3) is 0 Å². The van der Waals surface area contributed by atoms with Gasteiger partial charge >= 0.3 is 6.09 Å². The molecule has 1 aliphatic heterocycles. The Morgan fingerprint density at radius 3 is 2.88 bits per heavy atom. The Bertz CT molecular complexity index is 743. The number of carbonyl (C=O) groups excluding carboxylic acids is 1. The molecule has 0 aliphatic carbocycles. The van der Waals surface area contributed by atoms with Crippen LogP contribution in [0.15, 0.2) is 30.3 Å². The molecule has 1 heterocycles. The van der Waals surface area contributed by atoms with Gasteiger partial charge in [-0.05, 0) is 53.8 Å². The minimum Gasteiger partial charge on any atom is -0.497 e. The van der Waals surface area contributed by atoms with Crippen molar-refractivity contribution in [2.24, 2.45) is 0 Å². The number of fused-ring (bicyclic) bond motifs is 3. The Hall–Kier alpha value is -2.27. The molecular formula is C19H23NO4. The highest BCUT2D eigenvalue weighted by atomic mass is 16.6. The summed E-state index contributed by atoms with van der Waals surface area (Å²) in [6, 6.07) is 10.0. The maximum Gasteiger partial charge on any atom is 0.410 e. The van der Waals surface area contributed by atoms with Crippen molar-refractivity contribution in [3.63, 3.8) is 0 Å². The van der Waals surface area contributed by atoms with Crippen LogP contribution in [0, 0.1) is 0 Å². The number of hydrogen-bond acceptors (Lipinski definition) is 4. The minimum atomic E-state index is -0.309. The zero-order chi connectivity index (χ0) is 17.1. The first-order valence-corrected chi connectivity index (χ1v) is 8.33. The summed E-state index contributed by atoms with van der Waals surface area (Å²) in [4.78, 5) is 14.0. The predicted molar refractivity (Wildman–Crippen MR) is 92.4 cm³/mol. The van der Waals surface area contributed by atoms with E-state index in [0.29, 0.717) is 19.6 Å². The van der Waals surface area contributed by atoms with Crippen molar-refractivity contribution in [1.29, 1.82) is 0 Å². The molecule has 2 aromatic rings. The smallest absolute Gasteiger partial charge is 0.410 e. The Kier molecular flexibility index (Phi) is 4.90. The Balaban J connectivity index is 2.05. The lowest BCUT2D eigenvalue weighted by Gasteiger charge is -2.37. The quantitative estimate of drug-likeness (QED) is 0.935. The van der Waals surface area contributed by atoms with Crippen LogP contribution in [0.1, 0.15) is 30.5 Å². The molecule has 1 unspecified atom stereocenters. The van der Waals surface area contributed by atoms with Crippen molar-refractivity contribution in [2.75, 3.05) is 26.9 Å². The van der Waals surface area contributed by atoms with Crippen molar-refractivity contribution in [3.8, 4) is 5.75 Å². The number of benzene rings is 2. The van der Waals surface area contributed by atoms with Gasteiger partial charge in [-0.15, -0.1) is 0 Å². The highest BCUT2D eigenvalue weighted by Crippen LogP contribution is 2.37. The second-order valence-corrected chi connectivity index (χ2v) is 5.89. The molecule has 5 nitrogen and oxygen atoms in total. The molecule has 1 atom stereocenters. The van der Waals surface area contributed by atoms with Crippen LogP contribution in [0.4, 0.5) is 4.79 Å². The van der Waals surface area contributed by atoms with Crippen molar-refractivity contribution in [2.45, 2.75) is 25.8 Å². The number of hydrogen-bond donors (Lipinski definition) is 1. The van der Waals surface area contributed by atoms with Gasteiger partial charge in [0, 0.05) is 13.2 Å². The zero-order valence-electron chi connectivity index (χ0n) is 14.1. The van der Waals surface area contributed by atoms with Gasteiger partial charge in [-0.25, -0.2) is 4.79 Å². The normalized spacial score (nSPS) is 16.8.